The van der Waals surface area contributed by atoms with E-state index in [1.165, 1.54) is 18.2 Å². The standard InChI is InChI=1S/C29H24N4O6/c1-16-7-2-3-10-20(16)25-23-24(27(35)32(26(23)34)18-8-6-9-19(13-18)33(38)39)29(31-25,28(36)37)14-17-15-30-22-12-5-4-11-21(17)22/h2-13,15,23-25,30-31H,14H2,1H3,(H,36,37). The monoisotopic (exact) mass is 524 g/mol. The predicted molar refractivity (Wildman–Crippen MR) is 142 cm³/mol. The second-order valence-corrected chi connectivity index (χ2v) is 10.1. The zero-order chi connectivity index (χ0) is 27.5. The van der Waals surface area contributed by atoms with E-state index in [4.69, 9.17) is 0 Å². The van der Waals surface area contributed by atoms with Gasteiger partial charge >= 0.3 is 5.97 Å². The lowest BCUT2D eigenvalue weighted by Gasteiger charge is -2.31. The highest BCUT2D eigenvalue weighted by atomic mass is 16.6. The molecule has 4 atom stereocenters. The van der Waals surface area contributed by atoms with Gasteiger partial charge in [0.2, 0.25) is 11.8 Å². The predicted octanol–water partition coefficient (Wildman–Crippen LogP) is 3.90. The number of carbonyl (C=O) groups is 3. The lowest BCUT2D eigenvalue weighted by molar-refractivity contribution is -0.384. The van der Waals surface area contributed by atoms with E-state index in [9.17, 15) is 29.6 Å². The molecule has 2 fully saturated rings. The number of nitro benzene ring substituents is 1. The smallest absolute Gasteiger partial charge is 0.325 e. The number of carboxylic acids is 1. The van der Waals surface area contributed by atoms with E-state index in [0.29, 0.717) is 5.56 Å². The van der Waals surface area contributed by atoms with Gasteiger partial charge in [-0.25, -0.2) is 4.90 Å². The second-order valence-electron chi connectivity index (χ2n) is 10.1. The molecule has 2 amide bonds. The molecule has 0 spiro atoms. The van der Waals surface area contributed by atoms with Gasteiger partial charge in [-0.2, -0.15) is 0 Å². The summed E-state index contributed by atoms with van der Waals surface area (Å²) >= 11 is 0. The molecule has 196 valence electrons. The highest BCUT2D eigenvalue weighted by molar-refractivity contribution is 6.24. The minimum atomic E-state index is -1.81. The fourth-order valence-corrected chi connectivity index (χ4v) is 6.22. The van der Waals surface area contributed by atoms with E-state index in [1.54, 1.807) is 12.3 Å². The van der Waals surface area contributed by atoms with Gasteiger partial charge in [0.25, 0.3) is 5.69 Å². The summed E-state index contributed by atoms with van der Waals surface area (Å²) in [5, 5.41) is 26.2. The minimum absolute atomic E-state index is 0.0449. The van der Waals surface area contributed by atoms with Crippen molar-refractivity contribution in [2.45, 2.75) is 24.9 Å². The molecule has 2 aliphatic heterocycles. The number of fused-ring (bicyclic) bond motifs is 2. The first kappa shape index (κ1) is 24.5. The second kappa shape index (κ2) is 8.88. The number of anilines is 1. The Bertz CT molecular complexity index is 1680. The van der Waals surface area contributed by atoms with Gasteiger partial charge in [-0.15, -0.1) is 0 Å². The van der Waals surface area contributed by atoms with Gasteiger partial charge in [0, 0.05) is 41.7 Å². The Hall–Kier alpha value is -4.83. The van der Waals surface area contributed by atoms with Crippen LogP contribution in [0.25, 0.3) is 10.9 Å². The van der Waals surface area contributed by atoms with Crippen molar-refractivity contribution in [3.63, 3.8) is 0 Å². The number of rotatable bonds is 6. The first-order valence-electron chi connectivity index (χ1n) is 12.5. The van der Waals surface area contributed by atoms with Crippen LogP contribution in [0.5, 0.6) is 0 Å². The summed E-state index contributed by atoms with van der Waals surface area (Å²) in [5.74, 6) is -4.82. The maximum atomic E-state index is 14.1. The summed E-state index contributed by atoms with van der Waals surface area (Å²) in [6, 6.07) is 19.3. The number of non-ortho nitro benzene ring substituents is 1. The largest absolute Gasteiger partial charge is 0.480 e. The maximum Gasteiger partial charge on any atom is 0.325 e. The fourth-order valence-electron chi connectivity index (χ4n) is 6.22. The average molecular weight is 525 g/mol. The number of amides is 2. The number of aryl methyl sites for hydroxylation is 1. The Labute approximate surface area is 222 Å². The number of hydrogen-bond acceptors (Lipinski definition) is 6. The number of nitrogens with zero attached hydrogens (tertiary/aromatic N) is 2. The molecule has 3 aromatic carbocycles. The maximum absolute atomic E-state index is 14.1. The van der Waals surface area contributed by atoms with Crippen molar-refractivity contribution in [2.24, 2.45) is 11.8 Å². The van der Waals surface area contributed by atoms with Crippen LogP contribution in [-0.4, -0.2) is 38.3 Å². The molecular formula is C29H24N4O6. The fraction of sp³-hybridized carbons (Fsp3) is 0.207. The van der Waals surface area contributed by atoms with Crippen LogP contribution in [-0.2, 0) is 20.8 Å². The lowest BCUT2D eigenvalue weighted by atomic mass is 9.76. The topological polar surface area (TPSA) is 146 Å². The van der Waals surface area contributed by atoms with Crippen LogP contribution in [0.15, 0.2) is 79.0 Å². The minimum Gasteiger partial charge on any atom is -0.480 e. The van der Waals surface area contributed by atoms with Gasteiger partial charge in [-0.1, -0.05) is 48.5 Å². The van der Waals surface area contributed by atoms with Gasteiger partial charge in [0.05, 0.1) is 22.4 Å². The van der Waals surface area contributed by atoms with Gasteiger partial charge in [-0.05, 0) is 35.7 Å². The zero-order valence-corrected chi connectivity index (χ0v) is 20.8. The summed E-state index contributed by atoms with van der Waals surface area (Å²) in [6.07, 6.45) is 1.67. The van der Waals surface area contributed by atoms with Crippen LogP contribution in [0.3, 0.4) is 0 Å². The van der Waals surface area contributed by atoms with E-state index in [-0.39, 0.29) is 17.8 Å². The Kier molecular flexibility index (Phi) is 5.58. The zero-order valence-electron chi connectivity index (χ0n) is 20.8. The van der Waals surface area contributed by atoms with Crippen LogP contribution >= 0.6 is 0 Å². The number of carbonyl (C=O) groups excluding carboxylic acids is 2. The normalized spacial score (nSPS) is 24.3. The van der Waals surface area contributed by atoms with E-state index >= 15 is 0 Å². The van der Waals surface area contributed by atoms with Crippen LogP contribution in [0.2, 0.25) is 0 Å². The quantitative estimate of drug-likeness (QED) is 0.197. The van der Waals surface area contributed by atoms with Gasteiger partial charge in [0.1, 0.15) is 5.54 Å². The highest BCUT2D eigenvalue weighted by Gasteiger charge is 2.68. The Balaban J connectivity index is 1.52. The van der Waals surface area contributed by atoms with Crippen molar-refractivity contribution in [1.82, 2.24) is 10.3 Å². The van der Waals surface area contributed by atoms with Crippen LogP contribution < -0.4 is 10.2 Å². The van der Waals surface area contributed by atoms with Crippen molar-refractivity contribution in [3.8, 4) is 0 Å². The molecular weight excluding hydrogens is 500 g/mol. The summed E-state index contributed by atoms with van der Waals surface area (Å²) < 4.78 is 0. The number of imide groups is 1. The first-order chi connectivity index (χ1) is 18.7. The van der Waals surface area contributed by atoms with Crippen molar-refractivity contribution < 1.29 is 24.4 Å². The van der Waals surface area contributed by atoms with E-state index in [1.807, 2.05) is 49.4 Å². The van der Waals surface area contributed by atoms with E-state index in [2.05, 4.69) is 10.3 Å². The van der Waals surface area contributed by atoms with Crippen LogP contribution in [0.1, 0.15) is 22.7 Å². The number of H-pyrrole nitrogens is 1. The molecule has 1 aromatic heterocycles. The molecule has 6 rings (SSSR count). The van der Waals surface area contributed by atoms with Crippen molar-refractivity contribution in [1.29, 1.82) is 0 Å². The van der Waals surface area contributed by atoms with E-state index in [0.717, 1.165) is 33.0 Å². The summed E-state index contributed by atoms with van der Waals surface area (Å²) in [4.78, 5) is 56.1. The van der Waals surface area contributed by atoms with Crippen molar-refractivity contribution >= 4 is 40.1 Å². The Morgan fingerprint density at radius 1 is 1.05 bits per heavy atom. The molecule has 10 heteroatoms. The number of para-hydroxylation sites is 1. The molecule has 2 aliphatic rings. The van der Waals surface area contributed by atoms with Crippen molar-refractivity contribution in [3.05, 3.63) is 106 Å². The molecule has 2 saturated heterocycles. The number of nitrogens with one attached hydrogen (secondary N) is 2. The van der Waals surface area contributed by atoms with E-state index < -0.39 is 46.1 Å². The Morgan fingerprint density at radius 3 is 2.54 bits per heavy atom. The lowest BCUT2D eigenvalue weighted by Crippen LogP contribution is -2.57. The molecule has 3 heterocycles. The molecule has 0 aliphatic carbocycles. The number of nitro groups is 1. The average Bonchev–Trinajstić information content (AvgIpc) is 3.57. The van der Waals surface area contributed by atoms with Gasteiger partial charge < -0.3 is 10.1 Å². The van der Waals surface area contributed by atoms with Crippen LogP contribution in [0, 0.1) is 28.9 Å². The Morgan fingerprint density at radius 2 is 1.79 bits per heavy atom. The SMILES string of the molecule is Cc1ccccc1C1NC(Cc2c[nH]c3ccccc23)(C(=O)O)C2C(=O)N(c3cccc([N+](=O)[O-])c3)C(=O)C12. The highest BCUT2D eigenvalue weighted by Crippen LogP contribution is 2.51. The summed E-state index contributed by atoms with van der Waals surface area (Å²) in [7, 11) is 0. The number of hydrogen-bond donors (Lipinski definition) is 3. The number of aromatic nitrogens is 1. The third-order valence-electron chi connectivity index (χ3n) is 8.00. The number of benzene rings is 3. The molecule has 0 bridgehead atoms. The third kappa shape index (κ3) is 3.63. The summed E-state index contributed by atoms with van der Waals surface area (Å²) in [6.45, 7) is 1.87. The van der Waals surface area contributed by atoms with Crippen LogP contribution in [0.4, 0.5) is 11.4 Å². The molecule has 0 radical (unpaired) electrons. The number of carboxylic acid groups (broad SMARTS) is 1. The number of aliphatic carboxylic acids is 1. The first-order valence-corrected chi connectivity index (χ1v) is 12.5. The molecule has 4 unspecified atom stereocenters. The third-order valence-corrected chi connectivity index (χ3v) is 8.00. The van der Waals surface area contributed by atoms with Gasteiger partial charge in [-0.3, -0.25) is 29.8 Å². The summed E-state index contributed by atoms with van der Waals surface area (Å²) in [5.41, 5.74) is 1.03. The molecule has 4 aromatic rings. The molecule has 39 heavy (non-hydrogen) atoms. The molecule has 3 N–H and O–H groups in total. The number of aromatic amines is 1. The molecule has 0 saturated carbocycles. The van der Waals surface area contributed by atoms with Crippen molar-refractivity contribution in [2.75, 3.05) is 4.90 Å². The molecule has 10 nitrogen and oxygen atoms in total. The van der Waals surface area contributed by atoms with Gasteiger partial charge in [0.15, 0.2) is 0 Å².